The van der Waals surface area contributed by atoms with E-state index in [2.05, 4.69) is 39.8 Å². The van der Waals surface area contributed by atoms with Crippen molar-refractivity contribution in [3.05, 3.63) is 34.4 Å². The van der Waals surface area contributed by atoms with E-state index in [1.165, 1.54) is 16.7 Å². The zero-order valence-electron chi connectivity index (χ0n) is 12.6. The van der Waals surface area contributed by atoms with E-state index in [9.17, 15) is 4.79 Å². The highest BCUT2D eigenvalue weighted by Crippen LogP contribution is 2.28. The van der Waals surface area contributed by atoms with E-state index in [1.807, 2.05) is 20.8 Å². The Morgan fingerprint density at radius 1 is 0.824 bits per heavy atom. The van der Waals surface area contributed by atoms with Gasteiger partial charge in [0.2, 0.25) is 0 Å². The molecule has 0 rings (SSSR count). The molecule has 0 saturated heterocycles. The van der Waals surface area contributed by atoms with E-state index in [0.29, 0.717) is 0 Å². The molecule has 0 spiro atoms. The minimum Gasteiger partial charge on any atom is -0.299 e. The Labute approximate surface area is 106 Å². The van der Waals surface area contributed by atoms with Crippen molar-refractivity contribution in [2.24, 2.45) is 5.41 Å². The summed E-state index contributed by atoms with van der Waals surface area (Å²) in [6.45, 7) is 16.0. The average Bonchev–Trinajstić information content (AvgIpc) is 2.15. The van der Waals surface area contributed by atoms with Gasteiger partial charge >= 0.3 is 0 Å². The molecule has 0 amide bonds. The van der Waals surface area contributed by atoms with Gasteiger partial charge in [-0.1, -0.05) is 23.3 Å². The number of rotatable bonds is 4. The lowest BCUT2D eigenvalue weighted by Gasteiger charge is -2.22. The standard InChI is InChI=1S/C16H26O/c1-11(2)9-12(3)13(4)10-14(5)16(7,8)15(6)17/h9-10H,1-8H3/b13-12+,14-10+. The summed E-state index contributed by atoms with van der Waals surface area (Å²) in [5.74, 6) is 0.207. The van der Waals surface area contributed by atoms with Gasteiger partial charge < -0.3 is 0 Å². The van der Waals surface area contributed by atoms with Crippen molar-refractivity contribution in [3.63, 3.8) is 0 Å². The van der Waals surface area contributed by atoms with Gasteiger partial charge in [0, 0.05) is 5.41 Å². The highest BCUT2D eigenvalue weighted by Gasteiger charge is 2.25. The van der Waals surface area contributed by atoms with Gasteiger partial charge in [0.15, 0.2) is 0 Å². The van der Waals surface area contributed by atoms with E-state index in [-0.39, 0.29) is 11.2 Å². The first kappa shape index (κ1) is 15.9. The van der Waals surface area contributed by atoms with Crippen molar-refractivity contribution in [3.8, 4) is 0 Å². The largest absolute Gasteiger partial charge is 0.299 e. The summed E-state index contributed by atoms with van der Waals surface area (Å²) < 4.78 is 0. The number of Topliss-reactive ketones (excluding diaryl/α,β-unsaturated/α-hetero) is 1. The molecule has 0 aromatic carbocycles. The first-order chi connectivity index (χ1) is 7.59. The quantitative estimate of drug-likeness (QED) is 0.635. The first-order valence-corrected chi connectivity index (χ1v) is 6.11. The molecule has 96 valence electrons. The maximum absolute atomic E-state index is 11.6. The van der Waals surface area contributed by atoms with Gasteiger partial charge in [-0.15, -0.1) is 0 Å². The topological polar surface area (TPSA) is 17.1 Å². The molecule has 0 bridgehead atoms. The van der Waals surface area contributed by atoms with Gasteiger partial charge in [-0.3, -0.25) is 4.79 Å². The monoisotopic (exact) mass is 234 g/mol. The van der Waals surface area contributed by atoms with Crippen molar-refractivity contribution in [2.45, 2.75) is 55.4 Å². The molecule has 0 unspecified atom stereocenters. The predicted molar refractivity (Wildman–Crippen MR) is 76.0 cm³/mol. The van der Waals surface area contributed by atoms with Gasteiger partial charge in [-0.2, -0.15) is 0 Å². The first-order valence-electron chi connectivity index (χ1n) is 6.11. The van der Waals surface area contributed by atoms with Crippen LogP contribution in [0.5, 0.6) is 0 Å². The van der Waals surface area contributed by atoms with Crippen LogP contribution in [0, 0.1) is 5.41 Å². The normalized spacial score (nSPS) is 14.2. The Morgan fingerprint density at radius 3 is 1.59 bits per heavy atom. The number of carbonyl (C=O) groups is 1. The molecule has 0 aromatic rings. The summed E-state index contributed by atoms with van der Waals surface area (Å²) in [5, 5.41) is 0. The van der Waals surface area contributed by atoms with E-state index >= 15 is 0 Å². The van der Waals surface area contributed by atoms with Crippen LogP contribution in [0.1, 0.15) is 55.4 Å². The molecule has 0 aliphatic carbocycles. The van der Waals surface area contributed by atoms with Crippen molar-refractivity contribution < 1.29 is 4.79 Å². The number of allylic oxidation sites excluding steroid dienone is 6. The third kappa shape index (κ3) is 4.72. The minimum atomic E-state index is -0.369. The maximum atomic E-state index is 11.6. The Bertz CT molecular complexity index is 386. The molecule has 0 atom stereocenters. The fourth-order valence-corrected chi connectivity index (χ4v) is 1.44. The lowest BCUT2D eigenvalue weighted by atomic mass is 9.80. The van der Waals surface area contributed by atoms with E-state index in [4.69, 9.17) is 0 Å². The van der Waals surface area contributed by atoms with E-state index in [1.54, 1.807) is 6.92 Å². The summed E-state index contributed by atoms with van der Waals surface area (Å²) in [6.07, 6.45) is 4.29. The summed E-state index contributed by atoms with van der Waals surface area (Å²) in [6, 6.07) is 0. The van der Waals surface area contributed by atoms with Crippen LogP contribution >= 0.6 is 0 Å². The molecule has 0 aliphatic rings. The zero-order chi connectivity index (χ0) is 13.8. The second-order valence-corrected chi connectivity index (χ2v) is 5.60. The lowest BCUT2D eigenvalue weighted by molar-refractivity contribution is -0.123. The molecule has 0 fully saturated rings. The third-order valence-corrected chi connectivity index (χ3v) is 3.43. The van der Waals surface area contributed by atoms with E-state index in [0.717, 1.165) is 5.57 Å². The van der Waals surface area contributed by atoms with Gasteiger partial charge in [0.25, 0.3) is 0 Å². The van der Waals surface area contributed by atoms with Crippen LogP contribution < -0.4 is 0 Å². The Balaban J connectivity index is 5.31. The van der Waals surface area contributed by atoms with Crippen LogP contribution in [0.25, 0.3) is 0 Å². The van der Waals surface area contributed by atoms with Gasteiger partial charge in [0.1, 0.15) is 5.78 Å². The second kappa shape index (κ2) is 6.00. The molecule has 0 heterocycles. The zero-order valence-corrected chi connectivity index (χ0v) is 12.6. The van der Waals surface area contributed by atoms with Crippen LogP contribution in [-0.2, 0) is 4.79 Å². The Hall–Kier alpha value is -1.11. The molecule has 0 radical (unpaired) electrons. The number of hydrogen-bond donors (Lipinski definition) is 0. The number of ketones is 1. The predicted octanol–water partition coefficient (Wildman–Crippen LogP) is 4.85. The van der Waals surface area contributed by atoms with Crippen LogP contribution in [0.4, 0.5) is 0 Å². The Morgan fingerprint density at radius 2 is 1.24 bits per heavy atom. The average molecular weight is 234 g/mol. The molecule has 1 nitrogen and oxygen atoms in total. The van der Waals surface area contributed by atoms with Gasteiger partial charge in [-0.05, 0) is 66.5 Å². The van der Waals surface area contributed by atoms with Gasteiger partial charge in [-0.25, -0.2) is 0 Å². The van der Waals surface area contributed by atoms with Gasteiger partial charge in [0.05, 0.1) is 0 Å². The van der Waals surface area contributed by atoms with Crippen LogP contribution in [0.2, 0.25) is 0 Å². The minimum absolute atomic E-state index is 0.207. The molecule has 0 N–H and O–H groups in total. The highest BCUT2D eigenvalue weighted by atomic mass is 16.1. The molecule has 0 aliphatic heterocycles. The molecular formula is C16H26O. The van der Waals surface area contributed by atoms with Crippen molar-refractivity contribution in [1.29, 1.82) is 0 Å². The summed E-state index contributed by atoms with van der Waals surface area (Å²) in [5.41, 5.74) is 4.51. The van der Waals surface area contributed by atoms with Crippen molar-refractivity contribution in [2.75, 3.05) is 0 Å². The number of carbonyl (C=O) groups excluding carboxylic acids is 1. The lowest BCUT2D eigenvalue weighted by Crippen LogP contribution is -2.22. The maximum Gasteiger partial charge on any atom is 0.139 e. The van der Waals surface area contributed by atoms with Crippen LogP contribution in [0.3, 0.4) is 0 Å². The smallest absolute Gasteiger partial charge is 0.139 e. The number of hydrogen-bond acceptors (Lipinski definition) is 1. The molecular weight excluding hydrogens is 208 g/mol. The molecule has 1 heteroatoms. The van der Waals surface area contributed by atoms with Crippen molar-refractivity contribution >= 4 is 5.78 Å². The summed E-state index contributed by atoms with van der Waals surface area (Å²) >= 11 is 0. The SMILES string of the molecule is CC(=O)C(C)(C)/C(C)=C/C(C)=C(\C)C=C(C)C. The summed E-state index contributed by atoms with van der Waals surface area (Å²) in [7, 11) is 0. The fraction of sp³-hybridized carbons (Fsp3) is 0.562. The Kier molecular flexibility index (Phi) is 5.60. The fourth-order valence-electron chi connectivity index (χ4n) is 1.44. The second-order valence-electron chi connectivity index (χ2n) is 5.60. The van der Waals surface area contributed by atoms with Crippen LogP contribution in [0.15, 0.2) is 34.4 Å². The van der Waals surface area contributed by atoms with E-state index < -0.39 is 0 Å². The highest BCUT2D eigenvalue weighted by molar-refractivity contribution is 5.84. The molecule has 17 heavy (non-hydrogen) atoms. The third-order valence-electron chi connectivity index (χ3n) is 3.43. The molecule has 0 aromatic heterocycles. The summed E-state index contributed by atoms with van der Waals surface area (Å²) in [4.78, 5) is 11.6. The van der Waals surface area contributed by atoms with Crippen LogP contribution in [-0.4, -0.2) is 5.78 Å². The molecule has 0 saturated carbocycles. The van der Waals surface area contributed by atoms with Crippen molar-refractivity contribution in [1.82, 2.24) is 0 Å².